The van der Waals surface area contributed by atoms with Gasteiger partial charge >= 0.3 is 19.4 Å². The van der Waals surface area contributed by atoms with Gasteiger partial charge < -0.3 is 24.4 Å². The Morgan fingerprint density at radius 1 is 1.16 bits per heavy atom. The van der Waals surface area contributed by atoms with Crippen molar-refractivity contribution >= 4 is 25.4 Å². The van der Waals surface area contributed by atoms with E-state index >= 15 is 4.39 Å². The molecule has 1 aromatic heterocycles. The SMILES string of the molecule is CCCOC(=O)[C@H](C)N[P@@](=O)(OC[C@H]1O[C@@H](n2ccc(NC(=O)c3ccccc3)nc2=O)[C@](C)(F)[C@@H]1O)Oc1ccccc1. The minimum atomic E-state index is -4.34. The fraction of sp³-hybridized carbons (Fsp3) is 0.379. The summed E-state index contributed by atoms with van der Waals surface area (Å²) in [5.74, 6) is -1.12. The Kier molecular flexibility index (Phi) is 10.7. The van der Waals surface area contributed by atoms with Gasteiger partial charge in [0.2, 0.25) is 0 Å². The number of carbonyl (C=O) groups excluding carboxylic acids is 2. The van der Waals surface area contributed by atoms with E-state index in [1.165, 1.54) is 31.3 Å². The van der Waals surface area contributed by atoms with E-state index in [0.717, 1.165) is 11.5 Å². The molecule has 2 heterocycles. The smallest absolute Gasteiger partial charge is 0.459 e. The third-order valence-electron chi connectivity index (χ3n) is 6.61. The number of halogens is 1. The molecule has 236 valence electrons. The van der Waals surface area contributed by atoms with Gasteiger partial charge in [-0.05, 0) is 50.6 Å². The number of aliphatic hydroxyl groups is 1. The van der Waals surface area contributed by atoms with Crippen LogP contribution in [-0.2, 0) is 23.4 Å². The van der Waals surface area contributed by atoms with Crippen LogP contribution >= 0.6 is 7.75 Å². The molecule has 0 radical (unpaired) electrons. The Morgan fingerprint density at radius 2 is 1.82 bits per heavy atom. The molecule has 1 aliphatic heterocycles. The third-order valence-corrected chi connectivity index (χ3v) is 8.25. The zero-order chi connectivity index (χ0) is 31.9. The van der Waals surface area contributed by atoms with Crippen LogP contribution in [0.4, 0.5) is 10.2 Å². The quantitative estimate of drug-likeness (QED) is 0.186. The molecule has 0 unspecified atom stereocenters. The molecule has 1 aliphatic rings. The lowest BCUT2D eigenvalue weighted by Crippen LogP contribution is -2.43. The summed E-state index contributed by atoms with van der Waals surface area (Å²) >= 11 is 0. The molecule has 0 saturated carbocycles. The van der Waals surface area contributed by atoms with Crippen LogP contribution in [0.25, 0.3) is 0 Å². The number of alkyl halides is 1. The van der Waals surface area contributed by atoms with Crippen molar-refractivity contribution in [1.82, 2.24) is 14.6 Å². The summed E-state index contributed by atoms with van der Waals surface area (Å²) in [5.41, 5.74) is -3.14. The number of nitrogens with zero attached hydrogens (tertiary/aromatic N) is 2. The van der Waals surface area contributed by atoms with Gasteiger partial charge in [0.05, 0.1) is 13.2 Å². The third kappa shape index (κ3) is 7.96. The van der Waals surface area contributed by atoms with Crippen LogP contribution < -0.4 is 20.6 Å². The zero-order valence-corrected chi connectivity index (χ0v) is 25.2. The summed E-state index contributed by atoms with van der Waals surface area (Å²) in [6, 6.07) is 16.4. The van der Waals surface area contributed by atoms with Crippen LogP contribution in [0.5, 0.6) is 5.75 Å². The average molecular weight is 633 g/mol. The van der Waals surface area contributed by atoms with Crippen molar-refractivity contribution in [2.45, 2.75) is 57.3 Å². The number of hydrogen-bond acceptors (Lipinski definition) is 10. The summed E-state index contributed by atoms with van der Waals surface area (Å²) in [5, 5.41) is 15.8. The molecule has 0 aliphatic carbocycles. The second-order valence-electron chi connectivity index (χ2n) is 10.2. The standard InChI is InChI=1S/C29H34FN4O9P/c1-4-17-40-26(37)19(2)33-44(39,43-21-13-9-6-10-14-21)41-18-22-24(35)29(3,30)27(42-22)34-16-15-23(32-28(34)38)31-25(36)20-11-7-5-8-12-20/h5-16,19,22,24,27,35H,4,17-18H2,1-3H3,(H,33,39)(H,31,32,36,38)/t19-,22+,24+,27+,29+,44+/m0/s1. The van der Waals surface area contributed by atoms with E-state index in [1.54, 1.807) is 48.5 Å². The van der Waals surface area contributed by atoms with Gasteiger partial charge in [-0.25, -0.2) is 13.8 Å². The molecule has 44 heavy (non-hydrogen) atoms. The normalized spacial score (nSPS) is 23.3. The van der Waals surface area contributed by atoms with Crippen LogP contribution in [0.3, 0.4) is 0 Å². The highest BCUT2D eigenvalue weighted by Gasteiger charge is 2.56. The van der Waals surface area contributed by atoms with E-state index in [-0.39, 0.29) is 18.2 Å². The number of aliphatic hydroxyl groups excluding tert-OH is 1. The molecule has 15 heteroatoms. The molecule has 1 saturated heterocycles. The van der Waals surface area contributed by atoms with Gasteiger partial charge in [0.25, 0.3) is 5.91 Å². The lowest BCUT2D eigenvalue weighted by Gasteiger charge is -2.25. The molecule has 0 bridgehead atoms. The van der Waals surface area contributed by atoms with E-state index < -0.39 is 62.1 Å². The summed E-state index contributed by atoms with van der Waals surface area (Å²) in [7, 11) is -4.34. The number of nitrogens with one attached hydrogen (secondary N) is 2. The first kappa shape index (κ1) is 33.0. The van der Waals surface area contributed by atoms with Crippen LogP contribution in [0.15, 0.2) is 77.7 Å². The van der Waals surface area contributed by atoms with E-state index in [9.17, 15) is 24.1 Å². The van der Waals surface area contributed by atoms with Gasteiger partial charge in [-0.1, -0.05) is 43.3 Å². The van der Waals surface area contributed by atoms with Crippen molar-refractivity contribution in [3.05, 3.63) is 89.0 Å². The van der Waals surface area contributed by atoms with E-state index in [1.807, 2.05) is 6.92 Å². The molecular weight excluding hydrogens is 598 g/mol. The van der Waals surface area contributed by atoms with Crippen molar-refractivity contribution in [2.75, 3.05) is 18.5 Å². The van der Waals surface area contributed by atoms with Crippen molar-refractivity contribution in [3.8, 4) is 5.75 Å². The summed E-state index contributed by atoms with van der Waals surface area (Å²) in [6.45, 7) is 3.76. The van der Waals surface area contributed by atoms with Crippen LogP contribution in [0.1, 0.15) is 43.8 Å². The molecule has 6 atom stereocenters. The second-order valence-corrected chi connectivity index (χ2v) is 11.9. The number of rotatable bonds is 13. The van der Waals surface area contributed by atoms with Gasteiger partial charge in [-0.2, -0.15) is 10.1 Å². The number of hydrogen-bond donors (Lipinski definition) is 3. The summed E-state index contributed by atoms with van der Waals surface area (Å²) in [4.78, 5) is 41.4. The highest BCUT2D eigenvalue weighted by atomic mass is 31.2. The number of aromatic nitrogens is 2. The molecule has 3 N–H and O–H groups in total. The van der Waals surface area contributed by atoms with Gasteiger partial charge in [-0.3, -0.25) is 18.7 Å². The second kappa shape index (κ2) is 14.2. The topological polar surface area (TPSA) is 167 Å². The van der Waals surface area contributed by atoms with Crippen molar-refractivity contribution in [3.63, 3.8) is 0 Å². The minimum Gasteiger partial charge on any atom is -0.465 e. The molecule has 3 aromatic rings. The van der Waals surface area contributed by atoms with Crippen LogP contribution in [0.2, 0.25) is 0 Å². The molecule has 2 aromatic carbocycles. The predicted molar refractivity (Wildman–Crippen MR) is 157 cm³/mol. The Labute approximate surface area is 252 Å². The number of anilines is 1. The first-order valence-electron chi connectivity index (χ1n) is 13.8. The first-order valence-corrected chi connectivity index (χ1v) is 15.4. The maximum Gasteiger partial charge on any atom is 0.459 e. The van der Waals surface area contributed by atoms with Crippen molar-refractivity contribution in [1.29, 1.82) is 0 Å². The monoisotopic (exact) mass is 632 g/mol. The number of esters is 1. The van der Waals surface area contributed by atoms with E-state index in [4.69, 9.17) is 18.5 Å². The number of carbonyl (C=O) groups is 2. The molecule has 1 amide bonds. The fourth-order valence-electron chi connectivity index (χ4n) is 4.29. The summed E-state index contributed by atoms with van der Waals surface area (Å²) in [6.07, 6.45) is -3.17. The van der Waals surface area contributed by atoms with Gasteiger partial charge in [-0.15, -0.1) is 0 Å². The lowest BCUT2D eigenvalue weighted by atomic mass is 9.98. The van der Waals surface area contributed by atoms with Crippen LogP contribution in [0, 0.1) is 0 Å². The molecule has 13 nitrogen and oxygen atoms in total. The predicted octanol–water partition coefficient (Wildman–Crippen LogP) is 3.62. The van der Waals surface area contributed by atoms with Gasteiger partial charge in [0.1, 0.15) is 29.8 Å². The molecular formula is C29H34FN4O9P. The summed E-state index contributed by atoms with van der Waals surface area (Å²) < 4.78 is 52.3. The molecule has 4 rings (SSSR count). The van der Waals surface area contributed by atoms with Crippen LogP contribution in [-0.4, -0.2) is 63.7 Å². The van der Waals surface area contributed by atoms with Crippen molar-refractivity contribution in [2.24, 2.45) is 0 Å². The number of ether oxygens (including phenoxy) is 2. The lowest BCUT2D eigenvalue weighted by molar-refractivity contribution is -0.145. The maximum absolute atomic E-state index is 15.9. The largest absolute Gasteiger partial charge is 0.465 e. The fourth-order valence-corrected chi connectivity index (χ4v) is 5.79. The Morgan fingerprint density at radius 3 is 2.45 bits per heavy atom. The number of para-hydroxylation sites is 1. The van der Waals surface area contributed by atoms with Gasteiger partial charge in [0.15, 0.2) is 11.9 Å². The molecule has 1 fully saturated rings. The van der Waals surface area contributed by atoms with Crippen molar-refractivity contribution < 1.29 is 42.2 Å². The Hall–Kier alpha value is -3.94. The van der Waals surface area contributed by atoms with E-state index in [0.29, 0.717) is 12.0 Å². The average Bonchev–Trinajstić information content (AvgIpc) is 3.23. The first-order chi connectivity index (χ1) is 20.9. The number of benzene rings is 2. The zero-order valence-electron chi connectivity index (χ0n) is 24.3. The van der Waals surface area contributed by atoms with E-state index in [2.05, 4.69) is 15.4 Å². The highest BCUT2D eigenvalue weighted by molar-refractivity contribution is 7.52. The Balaban J connectivity index is 1.48. The number of amides is 1. The molecule has 0 spiro atoms. The Bertz CT molecular complexity index is 1540. The maximum atomic E-state index is 15.9. The minimum absolute atomic E-state index is 0.0734. The highest BCUT2D eigenvalue weighted by Crippen LogP contribution is 2.47. The van der Waals surface area contributed by atoms with Gasteiger partial charge in [0, 0.05) is 11.8 Å².